The molecule has 1 amide bonds. The molecule has 0 spiro atoms. The summed E-state index contributed by atoms with van der Waals surface area (Å²) >= 11 is 0. The smallest absolute Gasteiger partial charge is 0.275 e. The van der Waals surface area contributed by atoms with Crippen LogP contribution in [0.5, 0.6) is 5.75 Å². The minimum Gasteiger partial charge on any atom is -0.481 e. The molecule has 2 N–H and O–H groups in total. The summed E-state index contributed by atoms with van der Waals surface area (Å²) in [6.07, 6.45) is -0.979. The van der Waals surface area contributed by atoms with Gasteiger partial charge < -0.3 is 4.74 Å². The number of rotatable bonds is 6. The van der Waals surface area contributed by atoms with Crippen molar-refractivity contribution in [3.8, 4) is 5.75 Å². The van der Waals surface area contributed by atoms with Crippen LogP contribution in [0.3, 0.4) is 0 Å². The second-order valence-electron chi connectivity index (χ2n) is 5.55. The average molecular weight is 366 g/mol. The minimum atomic E-state index is -3.89. The molecule has 2 aromatic carbocycles. The molecule has 0 saturated heterocycles. The lowest BCUT2D eigenvalue weighted by Gasteiger charge is -2.15. The highest BCUT2D eigenvalue weighted by Crippen LogP contribution is 2.15. The van der Waals surface area contributed by atoms with Crippen molar-refractivity contribution in [1.82, 2.24) is 10.3 Å². The maximum absolute atomic E-state index is 12.8. The van der Waals surface area contributed by atoms with E-state index in [4.69, 9.17) is 4.74 Å². The number of nitrogens with one attached hydrogen (secondary N) is 2. The zero-order chi connectivity index (χ0) is 18.6. The van der Waals surface area contributed by atoms with Gasteiger partial charge in [-0.3, -0.25) is 10.2 Å². The van der Waals surface area contributed by atoms with Crippen molar-refractivity contribution >= 4 is 15.9 Å². The van der Waals surface area contributed by atoms with Gasteiger partial charge in [0.15, 0.2) is 6.10 Å². The van der Waals surface area contributed by atoms with Gasteiger partial charge in [-0.25, -0.2) is 12.8 Å². The number of carbonyl (C=O) groups excluding carboxylic acids is 1. The SMILES string of the molecule is Cc1ccc(S(=O)(=O)NNC(=O)[C@@H](C)Oc2ccc(F)cc2)cc1C. The molecule has 8 heteroatoms. The third kappa shape index (κ3) is 5.01. The highest BCUT2D eigenvalue weighted by molar-refractivity contribution is 7.89. The van der Waals surface area contributed by atoms with Crippen molar-refractivity contribution < 1.29 is 22.3 Å². The van der Waals surface area contributed by atoms with Crippen LogP contribution in [0.4, 0.5) is 4.39 Å². The van der Waals surface area contributed by atoms with Crippen molar-refractivity contribution in [3.63, 3.8) is 0 Å². The highest BCUT2D eigenvalue weighted by atomic mass is 32.2. The zero-order valence-electron chi connectivity index (χ0n) is 14.0. The maximum atomic E-state index is 12.8. The third-order valence-electron chi connectivity index (χ3n) is 3.59. The summed E-state index contributed by atoms with van der Waals surface area (Å²) in [5.74, 6) is -0.816. The predicted octanol–water partition coefficient (Wildman–Crippen LogP) is 2.22. The Labute approximate surface area is 146 Å². The molecule has 0 aliphatic rings. The Morgan fingerprint density at radius 3 is 2.32 bits per heavy atom. The first-order chi connectivity index (χ1) is 11.7. The largest absolute Gasteiger partial charge is 0.481 e. The molecule has 0 heterocycles. The Balaban J connectivity index is 1.97. The van der Waals surface area contributed by atoms with Crippen molar-refractivity contribution in [2.75, 3.05) is 0 Å². The summed E-state index contributed by atoms with van der Waals surface area (Å²) in [5.41, 5.74) is 3.89. The molecular formula is C17H19FN2O4S. The Morgan fingerprint density at radius 1 is 1.08 bits per heavy atom. The molecule has 134 valence electrons. The van der Waals surface area contributed by atoms with E-state index in [9.17, 15) is 17.6 Å². The van der Waals surface area contributed by atoms with E-state index < -0.39 is 27.9 Å². The van der Waals surface area contributed by atoms with Gasteiger partial charge in [0.05, 0.1) is 4.90 Å². The molecule has 0 radical (unpaired) electrons. The summed E-state index contributed by atoms with van der Waals surface area (Å²) in [7, 11) is -3.89. The molecule has 0 aromatic heterocycles. The lowest BCUT2D eigenvalue weighted by molar-refractivity contribution is -0.127. The molecule has 0 saturated carbocycles. The van der Waals surface area contributed by atoms with E-state index in [2.05, 4.69) is 5.43 Å². The van der Waals surface area contributed by atoms with Gasteiger partial charge in [-0.15, -0.1) is 4.83 Å². The molecule has 1 atom stereocenters. The second kappa shape index (κ2) is 7.62. The van der Waals surface area contributed by atoms with Crippen molar-refractivity contribution in [3.05, 3.63) is 59.4 Å². The Hall–Kier alpha value is -2.45. The van der Waals surface area contributed by atoms with Crippen LogP contribution in [0, 0.1) is 19.7 Å². The molecule has 0 aliphatic heterocycles. The fourth-order valence-electron chi connectivity index (χ4n) is 1.93. The first-order valence-electron chi connectivity index (χ1n) is 7.50. The lowest BCUT2D eigenvalue weighted by Crippen LogP contribution is -2.47. The van der Waals surface area contributed by atoms with Crippen LogP contribution in [0.1, 0.15) is 18.1 Å². The molecule has 25 heavy (non-hydrogen) atoms. The molecule has 0 bridgehead atoms. The number of sulfonamides is 1. The number of ether oxygens (including phenoxy) is 1. The lowest BCUT2D eigenvalue weighted by atomic mass is 10.1. The molecule has 0 aliphatic carbocycles. The van der Waals surface area contributed by atoms with Crippen molar-refractivity contribution in [1.29, 1.82) is 0 Å². The quantitative estimate of drug-likeness (QED) is 0.768. The minimum absolute atomic E-state index is 0.0445. The molecule has 6 nitrogen and oxygen atoms in total. The molecule has 2 rings (SSSR count). The number of hydrazine groups is 1. The zero-order valence-corrected chi connectivity index (χ0v) is 14.9. The topological polar surface area (TPSA) is 84.5 Å². The van der Waals surface area contributed by atoms with Crippen LogP contribution in [0.25, 0.3) is 0 Å². The molecule has 0 fully saturated rings. The van der Waals surface area contributed by atoms with Gasteiger partial charge in [0.25, 0.3) is 15.9 Å². The van der Waals surface area contributed by atoms with Gasteiger partial charge in [-0.2, -0.15) is 0 Å². The monoisotopic (exact) mass is 366 g/mol. The molecule has 2 aromatic rings. The molecular weight excluding hydrogens is 347 g/mol. The number of amides is 1. The van der Waals surface area contributed by atoms with Gasteiger partial charge in [0, 0.05) is 0 Å². The van der Waals surface area contributed by atoms with E-state index >= 15 is 0 Å². The number of halogens is 1. The first-order valence-corrected chi connectivity index (χ1v) is 8.98. The fraction of sp³-hybridized carbons (Fsp3) is 0.235. The first kappa shape index (κ1) is 18.9. The van der Waals surface area contributed by atoms with Gasteiger partial charge in [-0.05, 0) is 68.3 Å². The van der Waals surface area contributed by atoms with Crippen LogP contribution in [-0.2, 0) is 14.8 Å². The number of aryl methyl sites for hydroxylation is 2. The van der Waals surface area contributed by atoms with Gasteiger partial charge >= 0.3 is 0 Å². The molecule has 0 unspecified atom stereocenters. The van der Waals surface area contributed by atoms with E-state index in [1.54, 1.807) is 13.0 Å². The van der Waals surface area contributed by atoms with Gasteiger partial charge in [0.2, 0.25) is 0 Å². The van der Waals surface area contributed by atoms with Crippen LogP contribution in [0.15, 0.2) is 47.4 Å². The Bertz CT molecular complexity index is 867. The normalized spacial score (nSPS) is 12.5. The number of carbonyl (C=O) groups is 1. The average Bonchev–Trinajstić information content (AvgIpc) is 2.57. The van der Waals surface area contributed by atoms with Crippen LogP contribution < -0.4 is 15.0 Å². The number of hydrogen-bond donors (Lipinski definition) is 2. The van der Waals surface area contributed by atoms with E-state index in [0.717, 1.165) is 11.1 Å². The van der Waals surface area contributed by atoms with Crippen LogP contribution in [-0.4, -0.2) is 20.4 Å². The number of benzene rings is 2. The fourth-order valence-corrected chi connectivity index (χ4v) is 2.86. The van der Waals surface area contributed by atoms with Gasteiger partial charge in [-0.1, -0.05) is 6.07 Å². The van der Waals surface area contributed by atoms with E-state index in [0.29, 0.717) is 5.75 Å². The maximum Gasteiger partial charge on any atom is 0.275 e. The van der Waals surface area contributed by atoms with Crippen molar-refractivity contribution in [2.45, 2.75) is 31.8 Å². The Kier molecular flexibility index (Phi) is 5.76. The summed E-state index contributed by atoms with van der Waals surface area (Å²) in [4.78, 5) is 14.1. The summed E-state index contributed by atoms with van der Waals surface area (Å²) in [5, 5.41) is 0. The van der Waals surface area contributed by atoms with Crippen molar-refractivity contribution in [2.24, 2.45) is 0 Å². The van der Waals surface area contributed by atoms with E-state index in [-0.39, 0.29) is 4.90 Å². The summed E-state index contributed by atoms with van der Waals surface area (Å²) in [6.45, 7) is 5.12. The van der Waals surface area contributed by atoms with E-state index in [1.165, 1.54) is 43.3 Å². The predicted molar refractivity (Wildman–Crippen MR) is 90.9 cm³/mol. The van der Waals surface area contributed by atoms with Crippen LogP contribution >= 0.6 is 0 Å². The summed E-state index contributed by atoms with van der Waals surface area (Å²) in [6, 6.07) is 9.80. The Morgan fingerprint density at radius 2 is 1.72 bits per heavy atom. The highest BCUT2D eigenvalue weighted by Gasteiger charge is 2.19. The standard InChI is InChI=1S/C17H19FN2O4S/c1-11-4-9-16(10-12(11)2)25(22,23)20-19-17(21)13(3)24-15-7-5-14(18)6-8-15/h4-10,13,20H,1-3H3,(H,19,21)/t13-/m1/s1. The van der Waals surface area contributed by atoms with Crippen LogP contribution in [0.2, 0.25) is 0 Å². The van der Waals surface area contributed by atoms with E-state index in [1.807, 2.05) is 11.8 Å². The summed E-state index contributed by atoms with van der Waals surface area (Å²) < 4.78 is 42.6. The second-order valence-corrected chi connectivity index (χ2v) is 7.24. The number of hydrogen-bond acceptors (Lipinski definition) is 4. The third-order valence-corrected chi connectivity index (χ3v) is 4.84. The van der Waals surface area contributed by atoms with Gasteiger partial charge in [0.1, 0.15) is 11.6 Å².